The summed E-state index contributed by atoms with van der Waals surface area (Å²) in [6.45, 7) is 4.08. The smallest absolute Gasteiger partial charge is 0.256 e. The van der Waals surface area contributed by atoms with Gasteiger partial charge in [-0.1, -0.05) is 44.2 Å². The van der Waals surface area contributed by atoms with E-state index in [1.54, 1.807) is 11.8 Å². The molecule has 17 heavy (non-hydrogen) atoms. The molecule has 1 atom stereocenters. The van der Waals surface area contributed by atoms with Gasteiger partial charge in [0.15, 0.2) is 0 Å². The predicted molar refractivity (Wildman–Crippen MR) is 71.5 cm³/mol. The zero-order chi connectivity index (χ0) is 12.7. The van der Waals surface area contributed by atoms with Gasteiger partial charge in [-0.15, -0.1) is 11.8 Å². The number of amides is 1. The van der Waals surface area contributed by atoms with Crippen molar-refractivity contribution in [3.63, 3.8) is 0 Å². The van der Waals surface area contributed by atoms with Gasteiger partial charge in [-0.3, -0.25) is 9.63 Å². The molecule has 1 amide bonds. The molecule has 0 heterocycles. The number of nitrogens with one attached hydrogen (secondary N) is 1. The van der Waals surface area contributed by atoms with E-state index in [1.807, 2.05) is 32.0 Å². The van der Waals surface area contributed by atoms with Gasteiger partial charge in [-0.05, 0) is 11.5 Å². The molecular formula is C13H19NO2S. The SMILES string of the molecule is CONC(=O)C(SCc1ccccc1)C(C)C. The van der Waals surface area contributed by atoms with Gasteiger partial charge in [-0.2, -0.15) is 0 Å². The molecule has 0 bridgehead atoms. The van der Waals surface area contributed by atoms with Crippen LogP contribution in [-0.2, 0) is 15.4 Å². The predicted octanol–water partition coefficient (Wildman–Crippen LogP) is 2.62. The van der Waals surface area contributed by atoms with Crippen molar-refractivity contribution in [2.45, 2.75) is 24.9 Å². The third-order valence-electron chi connectivity index (χ3n) is 2.34. The summed E-state index contributed by atoms with van der Waals surface area (Å²) in [5, 5.41) is -0.0878. The first-order chi connectivity index (χ1) is 8.15. The lowest BCUT2D eigenvalue weighted by molar-refractivity contribution is -0.131. The van der Waals surface area contributed by atoms with E-state index in [0.717, 1.165) is 5.75 Å². The highest BCUT2D eigenvalue weighted by molar-refractivity contribution is 7.99. The van der Waals surface area contributed by atoms with Crippen LogP contribution >= 0.6 is 11.8 Å². The van der Waals surface area contributed by atoms with Crippen molar-refractivity contribution in [1.82, 2.24) is 5.48 Å². The second kappa shape index (κ2) is 7.35. The van der Waals surface area contributed by atoms with Gasteiger partial charge in [0.05, 0.1) is 12.4 Å². The molecule has 1 rings (SSSR count). The molecule has 1 unspecified atom stereocenters. The fraction of sp³-hybridized carbons (Fsp3) is 0.462. The van der Waals surface area contributed by atoms with Crippen LogP contribution in [0.2, 0.25) is 0 Å². The Morgan fingerprint density at radius 2 is 2.00 bits per heavy atom. The van der Waals surface area contributed by atoms with Crippen LogP contribution in [0.25, 0.3) is 0 Å². The zero-order valence-electron chi connectivity index (χ0n) is 10.5. The number of carbonyl (C=O) groups excluding carboxylic acids is 1. The Morgan fingerprint density at radius 3 is 2.53 bits per heavy atom. The van der Waals surface area contributed by atoms with E-state index in [0.29, 0.717) is 0 Å². The minimum absolute atomic E-state index is 0.0663. The van der Waals surface area contributed by atoms with Crippen LogP contribution in [0.1, 0.15) is 19.4 Å². The number of hydroxylamine groups is 1. The van der Waals surface area contributed by atoms with Gasteiger partial charge in [-0.25, -0.2) is 5.48 Å². The van der Waals surface area contributed by atoms with Crippen molar-refractivity contribution in [3.8, 4) is 0 Å². The molecule has 0 saturated carbocycles. The molecule has 1 aromatic rings. The van der Waals surface area contributed by atoms with Crippen molar-refractivity contribution >= 4 is 17.7 Å². The van der Waals surface area contributed by atoms with E-state index in [2.05, 4.69) is 22.5 Å². The Labute approximate surface area is 107 Å². The summed E-state index contributed by atoms with van der Waals surface area (Å²) in [5.41, 5.74) is 3.63. The molecule has 4 heteroatoms. The van der Waals surface area contributed by atoms with Gasteiger partial charge in [0.25, 0.3) is 5.91 Å². The van der Waals surface area contributed by atoms with Crippen LogP contribution < -0.4 is 5.48 Å². The van der Waals surface area contributed by atoms with Crippen LogP contribution in [-0.4, -0.2) is 18.3 Å². The third-order valence-corrected chi connectivity index (χ3v) is 3.96. The van der Waals surface area contributed by atoms with E-state index in [-0.39, 0.29) is 17.1 Å². The molecule has 0 spiro atoms. The van der Waals surface area contributed by atoms with Gasteiger partial charge in [0.1, 0.15) is 0 Å². The molecular weight excluding hydrogens is 234 g/mol. The van der Waals surface area contributed by atoms with Crippen molar-refractivity contribution < 1.29 is 9.63 Å². The van der Waals surface area contributed by atoms with E-state index < -0.39 is 0 Å². The van der Waals surface area contributed by atoms with Crippen molar-refractivity contribution in [3.05, 3.63) is 35.9 Å². The summed E-state index contributed by atoms with van der Waals surface area (Å²) >= 11 is 1.64. The topological polar surface area (TPSA) is 38.3 Å². The maximum absolute atomic E-state index is 11.7. The number of rotatable bonds is 6. The number of benzene rings is 1. The average molecular weight is 253 g/mol. The molecule has 0 fully saturated rings. The van der Waals surface area contributed by atoms with Crippen molar-refractivity contribution in [2.75, 3.05) is 7.11 Å². The zero-order valence-corrected chi connectivity index (χ0v) is 11.3. The Balaban J connectivity index is 2.53. The number of thioether (sulfide) groups is 1. The first kappa shape index (κ1) is 14.1. The summed E-state index contributed by atoms with van der Waals surface area (Å²) in [7, 11) is 1.46. The standard InChI is InChI=1S/C13H19NO2S/c1-10(2)12(13(15)14-16-3)17-9-11-7-5-4-6-8-11/h4-8,10,12H,9H2,1-3H3,(H,14,15). The molecule has 3 nitrogen and oxygen atoms in total. The highest BCUT2D eigenvalue weighted by atomic mass is 32.2. The average Bonchev–Trinajstić information content (AvgIpc) is 2.30. The molecule has 0 saturated heterocycles. The number of hydrogen-bond donors (Lipinski definition) is 1. The van der Waals surface area contributed by atoms with E-state index in [1.165, 1.54) is 12.7 Å². The number of carbonyl (C=O) groups is 1. The van der Waals surface area contributed by atoms with Crippen molar-refractivity contribution in [2.24, 2.45) is 5.92 Å². The molecule has 0 aliphatic carbocycles. The maximum Gasteiger partial charge on any atom is 0.256 e. The highest BCUT2D eigenvalue weighted by Crippen LogP contribution is 2.23. The van der Waals surface area contributed by atoms with Gasteiger partial charge < -0.3 is 0 Å². The lowest BCUT2D eigenvalue weighted by atomic mass is 10.1. The first-order valence-corrected chi connectivity index (χ1v) is 6.68. The molecule has 0 aliphatic rings. The lowest BCUT2D eigenvalue weighted by Gasteiger charge is -2.18. The van der Waals surface area contributed by atoms with Gasteiger partial charge in [0, 0.05) is 5.75 Å². The largest absolute Gasteiger partial charge is 0.277 e. The molecule has 0 aromatic heterocycles. The summed E-state index contributed by atoms with van der Waals surface area (Å²) in [6.07, 6.45) is 0. The van der Waals surface area contributed by atoms with Gasteiger partial charge >= 0.3 is 0 Å². The molecule has 94 valence electrons. The van der Waals surface area contributed by atoms with Gasteiger partial charge in [0.2, 0.25) is 0 Å². The lowest BCUT2D eigenvalue weighted by Crippen LogP contribution is -2.35. The summed E-state index contributed by atoms with van der Waals surface area (Å²) in [6, 6.07) is 10.1. The molecule has 1 N–H and O–H groups in total. The third kappa shape index (κ3) is 4.79. The summed E-state index contributed by atoms with van der Waals surface area (Å²) in [5.74, 6) is 1.04. The normalized spacial score (nSPS) is 12.5. The van der Waals surface area contributed by atoms with Crippen LogP contribution in [0.3, 0.4) is 0 Å². The van der Waals surface area contributed by atoms with E-state index in [9.17, 15) is 4.79 Å². The second-order valence-electron chi connectivity index (χ2n) is 4.13. The van der Waals surface area contributed by atoms with Crippen LogP contribution in [0.5, 0.6) is 0 Å². The van der Waals surface area contributed by atoms with Crippen molar-refractivity contribution in [1.29, 1.82) is 0 Å². The Kier molecular flexibility index (Phi) is 6.08. The summed E-state index contributed by atoms with van der Waals surface area (Å²) < 4.78 is 0. The quantitative estimate of drug-likeness (QED) is 0.792. The maximum atomic E-state index is 11.7. The monoisotopic (exact) mass is 253 g/mol. The second-order valence-corrected chi connectivity index (χ2v) is 5.26. The minimum atomic E-state index is -0.0878. The highest BCUT2D eigenvalue weighted by Gasteiger charge is 2.22. The number of hydrogen-bond acceptors (Lipinski definition) is 3. The summed E-state index contributed by atoms with van der Waals surface area (Å²) in [4.78, 5) is 16.4. The molecule has 0 radical (unpaired) electrons. The Hall–Kier alpha value is -1.00. The fourth-order valence-corrected chi connectivity index (χ4v) is 2.64. The molecule has 1 aromatic carbocycles. The molecule has 0 aliphatic heterocycles. The Bertz CT molecular complexity index is 341. The van der Waals surface area contributed by atoms with E-state index >= 15 is 0 Å². The van der Waals surface area contributed by atoms with E-state index in [4.69, 9.17) is 0 Å². The minimum Gasteiger partial charge on any atom is -0.277 e. The van der Waals surface area contributed by atoms with Crippen LogP contribution in [0.15, 0.2) is 30.3 Å². The fourth-order valence-electron chi connectivity index (χ4n) is 1.49. The Morgan fingerprint density at radius 1 is 1.35 bits per heavy atom. The first-order valence-electron chi connectivity index (χ1n) is 5.63. The van der Waals surface area contributed by atoms with Crippen LogP contribution in [0, 0.1) is 5.92 Å². The van der Waals surface area contributed by atoms with Crippen LogP contribution in [0.4, 0.5) is 0 Å².